The fraction of sp³-hybridized carbons (Fsp3) is 0.286. The molecule has 0 amide bonds. The average molecular weight is 455 g/mol. The van der Waals surface area contributed by atoms with Crippen LogP contribution in [0.2, 0.25) is 0 Å². The number of hydrogen-bond acceptors (Lipinski definition) is 9. The van der Waals surface area contributed by atoms with Crippen LogP contribution in [0.15, 0.2) is 58.6 Å². The van der Waals surface area contributed by atoms with Gasteiger partial charge in [-0.3, -0.25) is 14.2 Å². The number of morpholine rings is 1. The van der Waals surface area contributed by atoms with E-state index in [0.717, 1.165) is 6.26 Å². The molecule has 32 heavy (non-hydrogen) atoms. The van der Waals surface area contributed by atoms with E-state index in [1.165, 1.54) is 35.2 Å². The van der Waals surface area contributed by atoms with Gasteiger partial charge < -0.3 is 9.64 Å². The van der Waals surface area contributed by atoms with Crippen molar-refractivity contribution in [1.29, 1.82) is 0 Å². The van der Waals surface area contributed by atoms with Crippen LogP contribution < -0.4 is 10.5 Å². The van der Waals surface area contributed by atoms with E-state index in [1.54, 1.807) is 30.3 Å². The van der Waals surface area contributed by atoms with Crippen LogP contribution >= 0.6 is 0 Å². The standard InChI is InChI=1S/C21H21N5O5S/c1-25-19(27)11-17(16-6-7-22-13-23-16)24-21(25)26-8-9-31-18(12-26)20(28)14-4-3-5-15(10-14)32(2,29)30/h3-7,10-11,13,18H,8-9,12H2,1-2H3. The SMILES string of the molecule is Cn1c(N2CCOC(C(=O)c3cccc(S(C)(=O)=O)c3)C2)nc(-c2ccncn2)cc1=O. The molecule has 1 aliphatic rings. The quantitative estimate of drug-likeness (QED) is 0.512. The minimum absolute atomic E-state index is 0.0673. The summed E-state index contributed by atoms with van der Waals surface area (Å²) in [6, 6.07) is 8.93. The largest absolute Gasteiger partial charge is 0.366 e. The lowest BCUT2D eigenvalue weighted by molar-refractivity contribution is 0.0336. The maximum absolute atomic E-state index is 13.0. The Hall–Kier alpha value is -3.44. The maximum Gasteiger partial charge on any atom is 0.255 e. The van der Waals surface area contributed by atoms with Crippen LogP contribution in [0.3, 0.4) is 0 Å². The van der Waals surface area contributed by atoms with E-state index in [2.05, 4.69) is 15.0 Å². The lowest BCUT2D eigenvalue weighted by atomic mass is 10.1. The third kappa shape index (κ3) is 4.43. The molecule has 0 N–H and O–H groups in total. The molecule has 0 bridgehead atoms. The summed E-state index contributed by atoms with van der Waals surface area (Å²) in [6.45, 7) is 0.839. The summed E-state index contributed by atoms with van der Waals surface area (Å²) in [5.41, 5.74) is 0.897. The van der Waals surface area contributed by atoms with E-state index in [0.29, 0.717) is 23.9 Å². The van der Waals surface area contributed by atoms with Crippen LogP contribution in [0.4, 0.5) is 5.95 Å². The van der Waals surface area contributed by atoms with Crippen molar-refractivity contribution in [1.82, 2.24) is 19.5 Å². The Bertz CT molecular complexity index is 1320. The molecule has 2 aromatic heterocycles. The molecule has 166 valence electrons. The first-order valence-corrected chi connectivity index (χ1v) is 11.7. The number of rotatable bonds is 5. The van der Waals surface area contributed by atoms with Gasteiger partial charge in [-0.1, -0.05) is 12.1 Å². The molecular formula is C21H21N5O5S. The number of Topliss-reactive ketones (excluding diaryl/α,β-unsaturated/α-hetero) is 1. The first kappa shape index (κ1) is 21.8. The second-order valence-corrected chi connectivity index (χ2v) is 9.42. The number of benzene rings is 1. The number of carbonyl (C=O) groups is 1. The Kier molecular flexibility index (Phi) is 5.85. The molecule has 1 fully saturated rings. The predicted molar refractivity (Wildman–Crippen MR) is 116 cm³/mol. The zero-order valence-corrected chi connectivity index (χ0v) is 18.3. The summed E-state index contributed by atoms with van der Waals surface area (Å²) in [5, 5.41) is 0. The van der Waals surface area contributed by atoms with Gasteiger partial charge in [0.2, 0.25) is 5.95 Å². The normalized spacial score (nSPS) is 16.7. The van der Waals surface area contributed by atoms with Crippen molar-refractivity contribution in [3.8, 4) is 11.4 Å². The number of anilines is 1. The fourth-order valence-electron chi connectivity index (χ4n) is 3.44. The first-order valence-electron chi connectivity index (χ1n) is 9.79. The summed E-state index contributed by atoms with van der Waals surface area (Å²) in [4.78, 5) is 40.1. The summed E-state index contributed by atoms with van der Waals surface area (Å²) in [7, 11) is -1.84. The summed E-state index contributed by atoms with van der Waals surface area (Å²) in [6.07, 6.45) is 3.20. The molecule has 1 atom stereocenters. The molecule has 3 aromatic rings. The molecule has 0 aliphatic carbocycles. The molecule has 10 nitrogen and oxygen atoms in total. The number of nitrogens with zero attached hydrogens (tertiary/aromatic N) is 5. The van der Waals surface area contributed by atoms with Crippen molar-refractivity contribution in [2.45, 2.75) is 11.0 Å². The van der Waals surface area contributed by atoms with Crippen LogP contribution in [-0.4, -0.2) is 65.8 Å². The monoisotopic (exact) mass is 455 g/mol. The van der Waals surface area contributed by atoms with Crippen molar-refractivity contribution < 1.29 is 17.9 Å². The van der Waals surface area contributed by atoms with Crippen molar-refractivity contribution in [2.24, 2.45) is 7.05 Å². The molecular weight excluding hydrogens is 434 g/mol. The van der Waals surface area contributed by atoms with Crippen molar-refractivity contribution in [3.05, 3.63) is 64.8 Å². The molecule has 1 aromatic carbocycles. The van der Waals surface area contributed by atoms with Crippen molar-refractivity contribution in [3.63, 3.8) is 0 Å². The van der Waals surface area contributed by atoms with Gasteiger partial charge in [0.1, 0.15) is 12.4 Å². The number of hydrogen-bond donors (Lipinski definition) is 0. The Morgan fingerprint density at radius 2 is 2.00 bits per heavy atom. The molecule has 0 saturated carbocycles. The summed E-state index contributed by atoms with van der Waals surface area (Å²) < 4.78 is 30.8. The highest BCUT2D eigenvalue weighted by Gasteiger charge is 2.30. The zero-order chi connectivity index (χ0) is 22.9. The van der Waals surface area contributed by atoms with E-state index >= 15 is 0 Å². The molecule has 11 heteroatoms. The van der Waals surface area contributed by atoms with E-state index < -0.39 is 15.9 Å². The van der Waals surface area contributed by atoms with Crippen LogP contribution in [-0.2, 0) is 21.6 Å². The highest BCUT2D eigenvalue weighted by Crippen LogP contribution is 2.21. The van der Waals surface area contributed by atoms with Gasteiger partial charge in [0.05, 0.1) is 29.4 Å². The number of aromatic nitrogens is 4. The molecule has 1 unspecified atom stereocenters. The van der Waals surface area contributed by atoms with E-state index in [4.69, 9.17) is 4.74 Å². The van der Waals surface area contributed by atoms with Gasteiger partial charge in [-0.25, -0.2) is 23.4 Å². The third-order valence-corrected chi connectivity index (χ3v) is 6.25. The number of sulfone groups is 1. The zero-order valence-electron chi connectivity index (χ0n) is 17.5. The number of ether oxygens (including phenoxy) is 1. The molecule has 4 rings (SSSR count). The van der Waals surface area contributed by atoms with Gasteiger partial charge >= 0.3 is 0 Å². The summed E-state index contributed by atoms with van der Waals surface area (Å²) in [5.74, 6) is 0.0502. The Morgan fingerprint density at radius 3 is 2.72 bits per heavy atom. The summed E-state index contributed by atoms with van der Waals surface area (Å²) >= 11 is 0. The lowest BCUT2D eigenvalue weighted by Gasteiger charge is -2.33. The van der Waals surface area contributed by atoms with E-state index in [-0.39, 0.29) is 35.0 Å². The van der Waals surface area contributed by atoms with E-state index in [9.17, 15) is 18.0 Å². The van der Waals surface area contributed by atoms with Gasteiger partial charge in [0, 0.05) is 37.7 Å². The van der Waals surface area contributed by atoms with Crippen LogP contribution in [0.1, 0.15) is 10.4 Å². The lowest BCUT2D eigenvalue weighted by Crippen LogP contribution is -2.48. The van der Waals surface area contributed by atoms with Crippen molar-refractivity contribution in [2.75, 3.05) is 30.9 Å². The van der Waals surface area contributed by atoms with Crippen LogP contribution in [0, 0.1) is 0 Å². The van der Waals surface area contributed by atoms with Gasteiger partial charge in [-0.05, 0) is 18.2 Å². The highest BCUT2D eigenvalue weighted by molar-refractivity contribution is 7.90. The Labute approximate surface area is 184 Å². The van der Waals surface area contributed by atoms with E-state index in [1.807, 2.05) is 0 Å². The minimum atomic E-state index is -3.45. The second-order valence-electron chi connectivity index (χ2n) is 7.40. The van der Waals surface area contributed by atoms with Gasteiger partial charge in [0.25, 0.3) is 5.56 Å². The Balaban J connectivity index is 1.63. The van der Waals surface area contributed by atoms with Gasteiger partial charge in [0.15, 0.2) is 15.6 Å². The minimum Gasteiger partial charge on any atom is -0.366 e. The highest BCUT2D eigenvalue weighted by atomic mass is 32.2. The fourth-order valence-corrected chi connectivity index (χ4v) is 4.11. The molecule has 0 radical (unpaired) electrons. The molecule has 3 heterocycles. The van der Waals surface area contributed by atoms with Crippen LogP contribution in [0.25, 0.3) is 11.4 Å². The third-order valence-electron chi connectivity index (χ3n) is 5.14. The van der Waals surface area contributed by atoms with Gasteiger partial charge in [-0.15, -0.1) is 0 Å². The maximum atomic E-state index is 13.0. The predicted octanol–water partition coefficient (Wildman–Crippen LogP) is 0.729. The first-order chi connectivity index (χ1) is 15.2. The number of carbonyl (C=O) groups excluding carboxylic acids is 1. The molecule has 0 spiro atoms. The van der Waals surface area contributed by atoms with Gasteiger partial charge in [-0.2, -0.15) is 0 Å². The number of ketones is 1. The molecule has 1 saturated heterocycles. The molecule has 1 aliphatic heterocycles. The smallest absolute Gasteiger partial charge is 0.255 e. The van der Waals surface area contributed by atoms with Crippen molar-refractivity contribution >= 4 is 21.6 Å². The average Bonchev–Trinajstić information content (AvgIpc) is 2.80. The second kappa shape index (κ2) is 8.60. The van der Waals surface area contributed by atoms with Crippen LogP contribution in [0.5, 0.6) is 0 Å². The Morgan fingerprint density at radius 1 is 1.19 bits per heavy atom. The topological polar surface area (TPSA) is 124 Å².